The van der Waals surface area contributed by atoms with Crippen molar-refractivity contribution in [3.63, 3.8) is 0 Å². The van der Waals surface area contributed by atoms with Crippen LogP contribution in [0.25, 0.3) is 0 Å². The quantitative estimate of drug-likeness (QED) is 0.558. The average molecular weight is 171 g/mol. The van der Waals surface area contributed by atoms with Crippen LogP contribution in [0.1, 0.15) is 19.3 Å². The molecule has 11 heavy (non-hydrogen) atoms. The molecule has 0 bridgehead atoms. The lowest BCUT2D eigenvalue weighted by molar-refractivity contribution is -0.0275. The summed E-state index contributed by atoms with van der Waals surface area (Å²) in [6.45, 7) is 2.07. The van der Waals surface area contributed by atoms with E-state index in [4.69, 9.17) is 0 Å². The van der Waals surface area contributed by atoms with Crippen molar-refractivity contribution in [3.8, 4) is 0 Å². The van der Waals surface area contributed by atoms with Gasteiger partial charge in [-0.25, -0.2) is 13.2 Å². The molecule has 0 aromatic carbocycles. The van der Waals surface area contributed by atoms with Crippen LogP contribution in [0.4, 0.5) is 17.6 Å². The molecule has 4 heteroatoms. The Labute approximate surface area is 63.6 Å². The Morgan fingerprint density at radius 3 is 2.27 bits per heavy atom. The van der Waals surface area contributed by atoms with Crippen molar-refractivity contribution in [2.45, 2.75) is 31.4 Å². The molecule has 0 heterocycles. The third-order valence-electron chi connectivity index (χ3n) is 1.31. The van der Waals surface area contributed by atoms with Gasteiger partial charge in [0.05, 0.1) is 6.67 Å². The van der Waals surface area contributed by atoms with E-state index in [0.717, 1.165) is 0 Å². The van der Waals surface area contributed by atoms with E-state index in [0.29, 0.717) is 0 Å². The Bertz CT molecular complexity index is 103. The number of rotatable bonds is 5. The summed E-state index contributed by atoms with van der Waals surface area (Å²) in [6.07, 6.45) is -3.76. The van der Waals surface area contributed by atoms with E-state index >= 15 is 0 Å². The van der Waals surface area contributed by atoms with Gasteiger partial charge >= 0.3 is 0 Å². The molecular weight excluding hydrogens is 160 g/mol. The van der Waals surface area contributed by atoms with Crippen molar-refractivity contribution in [2.75, 3.05) is 6.67 Å². The van der Waals surface area contributed by atoms with Gasteiger partial charge in [0.25, 0.3) is 5.92 Å². The van der Waals surface area contributed by atoms with Crippen molar-refractivity contribution in [2.24, 2.45) is 0 Å². The second-order valence-electron chi connectivity index (χ2n) is 2.39. The number of alkyl halides is 4. The standard InChI is InChI=1S/C7H11F4/c1-2-7(10,11)5-6(9)3-4-8/h6H,1-5H2/t6-/m0/s1. The molecular formula is C7H11F4. The van der Waals surface area contributed by atoms with Crippen LogP contribution in [-0.4, -0.2) is 18.8 Å². The van der Waals surface area contributed by atoms with Crippen LogP contribution in [0.5, 0.6) is 0 Å². The molecule has 0 nitrogen and oxygen atoms in total. The third kappa shape index (κ3) is 5.04. The molecule has 0 amide bonds. The van der Waals surface area contributed by atoms with Gasteiger partial charge in [-0.1, -0.05) is 0 Å². The molecule has 0 saturated heterocycles. The van der Waals surface area contributed by atoms with E-state index in [1.807, 2.05) is 0 Å². The second kappa shape index (κ2) is 4.57. The first-order valence-electron chi connectivity index (χ1n) is 3.39. The normalized spacial score (nSPS) is 15.0. The van der Waals surface area contributed by atoms with Gasteiger partial charge in [0.15, 0.2) is 0 Å². The first-order valence-corrected chi connectivity index (χ1v) is 3.39. The van der Waals surface area contributed by atoms with Gasteiger partial charge in [-0.05, 0) is 6.92 Å². The Balaban J connectivity index is 3.64. The predicted octanol–water partition coefficient (Wildman–Crippen LogP) is 2.93. The first kappa shape index (κ1) is 10.7. The minimum Gasteiger partial charge on any atom is -0.251 e. The van der Waals surface area contributed by atoms with Gasteiger partial charge in [0, 0.05) is 19.3 Å². The highest BCUT2D eigenvalue weighted by Gasteiger charge is 2.30. The highest BCUT2D eigenvalue weighted by atomic mass is 19.3. The zero-order chi connectivity index (χ0) is 8.91. The molecule has 1 radical (unpaired) electrons. The van der Waals surface area contributed by atoms with Gasteiger partial charge in [-0.3, -0.25) is 4.39 Å². The van der Waals surface area contributed by atoms with Gasteiger partial charge in [-0.15, -0.1) is 0 Å². The monoisotopic (exact) mass is 171 g/mol. The first-order chi connectivity index (χ1) is 5.02. The van der Waals surface area contributed by atoms with Gasteiger partial charge in [0.2, 0.25) is 0 Å². The fraction of sp³-hybridized carbons (Fsp3) is 0.857. The molecule has 0 saturated carbocycles. The van der Waals surface area contributed by atoms with E-state index < -0.39 is 38.0 Å². The maximum absolute atomic E-state index is 12.3. The zero-order valence-electron chi connectivity index (χ0n) is 6.12. The summed E-state index contributed by atoms with van der Waals surface area (Å²) in [4.78, 5) is 0. The molecule has 0 unspecified atom stereocenters. The van der Waals surface area contributed by atoms with Crippen LogP contribution in [0, 0.1) is 6.92 Å². The summed E-state index contributed by atoms with van der Waals surface area (Å²) in [5.41, 5.74) is 0. The van der Waals surface area contributed by atoms with Crippen molar-refractivity contribution < 1.29 is 17.6 Å². The van der Waals surface area contributed by atoms with Gasteiger partial charge in [-0.2, -0.15) is 0 Å². The Kier molecular flexibility index (Phi) is 4.45. The van der Waals surface area contributed by atoms with E-state index in [2.05, 4.69) is 6.92 Å². The molecule has 0 N–H and O–H groups in total. The Morgan fingerprint density at radius 2 is 1.91 bits per heavy atom. The van der Waals surface area contributed by atoms with Crippen LogP contribution in [0.15, 0.2) is 0 Å². The minimum absolute atomic E-state index is 0.449. The van der Waals surface area contributed by atoms with Crippen LogP contribution in [-0.2, 0) is 0 Å². The van der Waals surface area contributed by atoms with Crippen molar-refractivity contribution in [1.82, 2.24) is 0 Å². The van der Waals surface area contributed by atoms with E-state index in [1.54, 1.807) is 0 Å². The topological polar surface area (TPSA) is 0 Å². The summed E-state index contributed by atoms with van der Waals surface area (Å²) in [7, 11) is 0. The molecule has 0 aliphatic heterocycles. The lowest BCUT2D eigenvalue weighted by atomic mass is 10.1. The van der Waals surface area contributed by atoms with E-state index in [1.165, 1.54) is 0 Å². The van der Waals surface area contributed by atoms with Crippen LogP contribution < -0.4 is 0 Å². The largest absolute Gasteiger partial charge is 0.251 e. The van der Waals surface area contributed by atoms with E-state index in [-0.39, 0.29) is 0 Å². The number of halogens is 4. The summed E-state index contributed by atoms with van der Waals surface area (Å²) >= 11 is 0. The van der Waals surface area contributed by atoms with Crippen LogP contribution in [0.2, 0.25) is 0 Å². The summed E-state index contributed by atoms with van der Waals surface area (Å²) in [6, 6.07) is 0. The smallest absolute Gasteiger partial charge is 0.250 e. The maximum atomic E-state index is 12.3. The van der Waals surface area contributed by atoms with Gasteiger partial charge in [0.1, 0.15) is 6.17 Å². The molecule has 0 aromatic rings. The molecule has 0 aromatic heterocycles. The molecule has 1 atom stereocenters. The highest BCUT2D eigenvalue weighted by Crippen LogP contribution is 2.26. The average Bonchev–Trinajstić information content (AvgIpc) is 1.87. The second-order valence-corrected chi connectivity index (χ2v) is 2.39. The SMILES string of the molecule is [CH2]CC(F)(F)C[C@@H](F)CCF. The van der Waals surface area contributed by atoms with Crippen LogP contribution in [0.3, 0.4) is 0 Å². The highest BCUT2D eigenvalue weighted by molar-refractivity contribution is 4.72. The Morgan fingerprint density at radius 1 is 1.36 bits per heavy atom. The summed E-state index contributed by atoms with van der Waals surface area (Å²) in [5, 5.41) is 0. The predicted molar refractivity (Wildman–Crippen MR) is 35.0 cm³/mol. The summed E-state index contributed by atoms with van der Waals surface area (Å²) in [5.74, 6) is -3.09. The van der Waals surface area contributed by atoms with Crippen molar-refractivity contribution >= 4 is 0 Å². The third-order valence-corrected chi connectivity index (χ3v) is 1.31. The number of hydrogen-bond acceptors (Lipinski definition) is 0. The number of hydrogen-bond donors (Lipinski definition) is 0. The summed E-state index contributed by atoms with van der Waals surface area (Å²) < 4.78 is 48.4. The molecule has 0 fully saturated rings. The fourth-order valence-electron chi connectivity index (χ4n) is 0.647. The lowest BCUT2D eigenvalue weighted by Gasteiger charge is -2.15. The molecule has 0 aliphatic carbocycles. The van der Waals surface area contributed by atoms with Crippen molar-refractivity contribution in [3.05, 3.63) is 6.92 Å². The van der Waals surface area contributed by atoms with Crippen LogP contribution >= 0.6 is 0 Å². The lowest BCUT2D eigenvalue weighted by Crippen LogP contribution is -2.21. The Hall–Kier alpha value is -0.280. The van der Waals surface area contributed by atoms with E-state index in [9.17, 15) is 17.6 Å². The minimum atomic E-state index is -3.09. The molecule has 0 rings (SSSR count). The molecule has 0 spiro atoms. The van der Waals surface area contributed by atoms with Crippen molar-refractivity contribution in [1.29, 1.82) is 0 Å². The molecule has 67 valence electrons. The van der Waals surface area contributed by atoms with Gasteiger partial charge < -0.3 is 0 Å². The maximum Gasteiger partial charge on any atom is 0.250 e. The zero-order valence-corrected chi connectivity index (χ0v) is 6.12. The molecule has 0 aliphatic rings. The fourth-order valence-corrected chi connectivity index (χ4v) is 0.647.